The zero-order chi connectivity index (χ0) is 30.3. The van der Waals surface area contributed by atoms with Gasteiger partial charge in [-0.1, -0.05) is 61.2 Å². The highest BCUT2D eigenvalue weighted by Crippen LogP contribution is 2.32. The Morgan fingerprint density at radius 1 is 0.976 bits per heavy atom. The Balaban J connectivity index is 1.70. The molecule has 1 aliphatic carbocycles. The van der Waals surface area contributed by atoms with Gasteiger partial charge >= 0.3 is 0 Å². The summed E-state index contributed by atoms with van der Waals surface area (Å²) in [6.45, 7) is 2.88. The Kier molecular flexibility index (Phi) is 10.2. The van der Waals surface area contributed by atoms with Gasteiger partial charge in [-0.15, -0.1) is 0 Å². The highest BCUT2D eigenvalue weighted by Gasteiger charge is 2.34. The third kappa shape index (κ3) is 7.47. The Morgan fingerprint density at radius 3 is 2.26 bits per heavy atom. The Morgan fingerprint density at radius 2 is 1.62 bits per heavy atom. The van der Waals surface area contributed by atoms with Crippen LogP contribution in [0, 0.1) is 12.7 Å². The largest absolute Gasteiger partial charge is 0.495 e. The van der Waals surface area contributed by atoms with Gasteiger partial charge in [0.1, 0.15) is 24.2 Å². The van der Waals surface area contributed by atoms with Crippen LogP contribution in [0.2, 0.25) is 0 Å². The fourth-order valence-electron chi connectivity index (χ4n) is 5.12. The number of benzene rings is 3. The molecule has 0 radical (unpaired) electrons. The van der Waals surface area contributed by atoms with Crippen LogP contribution >= 0.6 is 0 Å². The van der Waals surface area contributed by atoms with Crippen molar-refractivity contribution in [3.63, 3.8) is 0 Å². The predicted molar refractivity (Wildman–Crippen MR) is 160 cm³/mol. The summed E-state index contributed by atoms with van der Waals surface area (Å²) < 4.78 is 48.2. The molecule has 3 aromatic carbocycles. The molecule has 0 bridgehead atoms. The number of para-hydroxylation sites is 2. The van der Waals surface area contributed by atoms with E-state index in [-0.39, 0.29) is 34.8 Å². The molecule has 42 heavy (non-hydrogen) atoms. The van der Waals surface area contributed by atoms with Gasteiger partial charge in [0, 0.05) is 12.6 Å². The van der Waals surface area contributed by atoms with Gasteiger partial charge in [-0.2, -0.15) is 0 Å². The summed E-state index contributed by atoms with van der Waals surface area (Å²) in [6.07, 6.45) is 4.94. The van der Waals surface area contributed by atoms with Crippen molar-refractivity contribution in [1.29, 1.82) is 0 Å². The molecule has 0 aromatic heterocycles. The van der Waals surface area contributed by atoms with Crippen LogP contribution in [0.4, 0.5) is 10.1 Å². The average Bonchev–Trinajstić information content (AvgIpc) is 2.99. The van der Waals surface area contributed by atoms with E-state index in [1.807, 2.05) is 6.92 Å². The van der Waals surface area contributed by atoms with Crippen LogP contribution in [-0.4, -0.2) is 50.9 Å². The lowest BCUT2D eigenvalue weighted by atomic mass is 9.95. The second-order valence-electron chi connectivity index (χ2n) is 10.7. The lowest BCUT2D eigenvalue weighted by Crippen LogP contribution is -2.53. The lowest BCUT2D eigenvalue weighted by Gasteiger charge is -2.33. The number of carbonyl (C=O) groups excluding carboxylic acids is 2. The van der Waals surface area contributed by atoms with Crippen LogP contribution in [0.1, 0.15) is 50.2 Å². The van der Waals surface area contributed by atoms with Crippen LogP contribution in [0.3, 0.4) is 0 Å². The predicted octanol–water partition coefficient (Wildman–Crippen LogP) is 5.20. The first-order chi connectivity index (χ1) is 20.1. The molecule has 0 saturated heterocycles. The lowest BCUT2D eigenvalue weighted by molar-refractivity contribution is -0.139. The first-order valence-electron chi connectivity index (χ1n) is 14.2. The minimum absolute atomic E-state index is 0.0112. The number of halogens is 1. The molecule has 1 atom stereocenters. The van der Waals surface area contributed by atoms with E-state index >= 15 is 0 Å². The van der Waals surface area contributed by atoms with Crippen LogP contribution in [-0.2, 0) is 26.2 Å². The highest BCUT2D eigenvalue weighted by molar-refractivity contribution is 7.92. The van der Waals surface area contributed by atoms with E-state index < -0.39 is 34.3 Å². The highest BCUT2D eigenvalue weighted by atomic mass is 32.2. The van der Waals surface area contributed by atoms with Gasteiger partial charge in [-0.3, -0.25) is 13.9 Å². The molecule has 8 nitrogen and oxygen atoms in total. The van der Waals surface area contributed by atoms with Gasteiger partial charge in [0.25, 0.3) is 10.0 Å². The maximum atomic E-state index is 14.1. The number of anilines is 1. The zero-order valence-electron chi connectivity index (χ0n) is 24.3. The fourth-order valence-corrected chi connectivity index (χ4v) is 6.55. The number of ether oxygens (including phenoxy) is 1. The molecule has 4 rings (SSSR count). The molecule has 2 amide bonds. The number of rotatable bonds is 11. The molecule has 0 unspecified atom stereocenters. The molecule has 1 fully saturated rings. The fraction of sp³-hybridized carbons (Fsp3) is 0.375. The molecule has 10 heteroatoms. The first-order valence-corrected chi connectivity index (χ1v) is 15.6. The average molecular weight is 596 g/mol. The SMILES string of the molecule is COc1ccccc1N(CC(=O)N(Cc1ccc(F)cc1)[C@H](C)C(=O)NC1CCCCC1)S(=O)(=O)c1ccc(C)cc1. The molecule has 1 N–H and O–H groups in total. The van der Waals surface area contributed by atoms with Crippen LogP contribution in [0.15, 0.2) is 77.7 Å². The zero-order valence-corrected chi connectivity index (χ0v) is 25.1. The maximum Gasteiger partial charge on any atom is 0.264 e. The van der Waals surface area contributed by atoms with E-state index in [9.17, 15) is 22.4 Å². The van der Waals surface area contributed by atoms with Gasteiger partial charge in [-0.05, 0) is 68.7 Å². The van der Waals surface area contributed by atoms with E-state index in [1.165, 1.54) is 36.3 Å². The first kappa shape index (κ1) is 31.0. The van der Waals surface area contributed by atoms with E-state index in [2.05, 4.69) is 5.32 Å². The summed E-state index contributed by atoms with van der Waals surface area (Å²) in [5.74, 6) is -1.06. The quantitative estimate of drug-likeness (QED) is 0.329. The van der Waals surface area contributed by atoms with Crippen molar-refractivity contribution < 1.29 is 27.1 Å². The molecule has 0 aliphatic heterocycles. The van der Waals surface area contributed by atoms with Crippen LogP contribution in [0.5, 0.6) is 5.75 Å². The van der Waals surface area contributed by atoms with Crippen molar-refractivity contribution in [3.8, 4) is 5.75 Å². The van der Waals surface area contributed by atoms with Gasteiger partial charge in [-0.25, -0.2) is 12.8 Å². The molecule has 1 aliphatic rings. The number of amides is 2. The van der Waals surface area contributed by atoms with Gasteiger partial charge in [0.2, 0.25) is 11.8 Å². The third-order valence-electron chi connectivity index (χ3n) is 7.63. The second-order valence-corrected chi connectivity index (χ2v) is 12.5. The standard InChI is InChI=1S/C32H38FN3O5S/c1-23-13-19-28(20-14-23)42(39,40)36(29-11-7-8-12-30(29)41-3)22-31(37)35(21-25-15-17-26(33)18-16-25)24(2)32(38)34-27-9-5-4-6-10-27/h7-8,11-20,24,27H,4-6,9-10,21-22H2,1-3H3,(H,34,38)/t24-/m1/s1. The summed E-state index contributed by atoms with van der Waals surface area (Å²) in [4.78, 5) is 28.8. The number of aryl methyl sites for hydroxylation is 1. The van der Waals surface area contributed by atoms with Gasteiger partial charge in [0.05, 0.1) is 17.7 Å². The Hall–Kier alpha value is -3.92. The van der Waals surface area contributed by atoms with Crippen molar-refractivity contribution in [2.45, 2.75) is 69.5 Å². The van der Waals surface area contributed by atoms with E-state index in [1.54, 1.807) is 55.5 Å². The van der Waals surface area contributed by atoms with E-state index in [0.717, 1.165) is 42.0 Å². The van der Waals surface area contributed by atoms with Gasteiger partial charge < -0.3 is 15.0 Å². The van der Waals surface area contributed by atoms with Crippen LogP contribution in [0.25, 0.3) is 0 Å². The van der Waals surface area contributed by atoms with Crippen molar-refractivity contribution in [2.75, 3.05) is 18.0 Å². The molecular formula is C32H38FN3O5S. The molecule has 224 valence electrons. The summed E-state index contributed by atoms with van der Waals surface area (Å²) in [5, 5.41) is 3.07. The summed E-state index contributed by atoms with van der Waals surface area (Å²) in [7, 11) is -2.80. The maximum absolute atomic E-state index is 14.1. The molecule has 0 heterocycles. The van der Waals surface area contributed by atoms with Crippen LogP contribution < -0.4 is 14.4 Å². The molecular weight excluding hydrogens is 557 g/mol. The van der Waals surface area contributed by atoms with Crippen molar-refractivity contribution >= 4 is 27.5 Å². The number of nitrogens with zero attached hydrogens (tertiary/aromatic N) is 2. The van der Waals surface area contributed by atoms with E-state index in [0.29, 0.717) is 5.56 Å². The van der Waals surface area contributed by atoms with Gasteiger partial charge in [0.15, 0.2) is 0 Å². The molecule has 1 saturated carbocycles. The number of methoxy groups -OCH3 is 1. The Labute approximate surface area is 247 Å². The van der Waals surface area contributed by atoms with E-state index in [4.69, 9.17) is 4.74 Å². The topological polar surface area (TPSA) is 96.0 Å². The number of carbonyl (C=O) groups is 2. The summed E-state index contributed by atoms with van der Waals surface area (Å²) in [5.41, 5.74) is 1.68. The normalized spacial score (nSPS) is 14.6. The number of hydrogen-bond acceptors (Lipinski definition) is 5. The van der Waals surface area contributed by atoms with Crippen molar-refractivity contribution in [2.24, 2.45) is 0 Å². The molecule has 3 aromatic rings. The summed E-state index contributed by atoms with van der Waals surface area (Å²) in [6, 6.07) is 17.7. The monoisotopic (exact) mass is 595 g/mol. The third-order valence-corrected chi connectivity index (χ3v) is 9.40. The molecule has 0 spiro atoms. The summed E-state index contributed by atoms with van der Waals surface area (Å²) >= 11 is 0. The number of nitrogens with one attached hydrogen (secondary N) is 1. The van der Waals surface area contributed by atoms with Crippen molar-refractivity contribution in [3.05, 3.63) is 89.7 Å². The number of sulfonamides is 1. The smallest absolute Gasteiger partial charge is 0.264 e. The minimum atomic E-state index is -4.22. The number of hydrogen-bond donors (Lipinski definition) is 1. The Bertz CT molecular complexity index is 1470. The second kappa shape index (κ2) is 13.8. The minimum Gasteiger partial charge on any atom is -0.495 e. The van der Waals surface area contributed by atoms with Crippen molar-refractivity contribution in [1.82, 2.24) is 10.2 Å².